The lowest BCUT2D eigenvalue weighted by Crippen LogP contribution is -2.25. The standard InChI is InChI=1S/C8H14N2.C2H6/c1-6-5-10-4-3-8(6)7(2)9;1-2/h9-10H,3-5H2,1-2H3;1-2H3. The summed E-state index contributed by atoms with van der Waals surface area (Å²) in [5, 5.41) is 10.7. The third-order valence-corrected chi connectivity index (χ3v) is 1.91. The summed E-state index contributed by atoms with van der Waals surface area (Å²) >= 11 is 0. The Hall–Kier alpha value is -0.630. The molecule has 0 aromatic rings. The summed E-state index contributed by atoms with van der Waals surface area (Å²) in [6, 6.07) is 0. The van der Waals surface area contributed by atoms with Gasteiger partial charge >= 0.3 is 0 Å². The molecule has 0 amide bonds. The molecule has 0 bridgehead atoms. The van der Waals surface area contributed by atoms with Gasteiger partial charge in [-0.25, -0.2) is 0 Å². The maximum absolute atomic E-state index is 7.43. The van der Waals surface area contributed by atoms with E-state index in [1.807, 2.05) is 20.8 Å². The predicted octanol–water partition coefficient (Wildman–Crippen LogP) is 2.36. The molecular weight excluding hydrogens is 148 g/mol. The molecule has 0 atom stereocenters. The van der Waals surface area contributed by atoms with Crippen LogP contribution < -0.4 is 5.32 Å². The Morgan fingerprint density at radius 2 is 2.00 bits per heavy atom. The quantitative estimate of drug-likeness (QED) is 0.579. The lowest BCUT2D eigenvalue weighted by Gasteiger charge is -2.17. The van der Waals surface area contributed by atoms with Gasteiger partial charge in [-0.15, -0.1) is 0 Å². The lowest BCUT2D eigenvalue weighted by molar-refractivity contribution is 0.690. The van der Waals surface area contributed by atoms with Crippen molar-refractivity contribution >= 4 is 5.71 Å². The van der Waals surface area contributed by atoms with Crippen molar-refractivity contribution in [2.45, 2.75) is 34.1 Å². The molecule has 0 aromatic carbocycles. The molecule has 0 radical (unpaired) electrons. The van der Waals surface area contributed by atoms with Crippen molar-refractivity contribution in [1.29, 1.82) is 5.41 Å². The average molecular weight is 168 g/mol. The van der Waals surface area contributed by atoms with E-state index in [1.165, 1.54) is 11.1 Å². The molecule has 0 aliphatic carbocycles. The Bertz CT molecular complexity index is 180. The van der Waals surface area contributed by atoms with Crippen molar-refractivity contribution in [1.82, 2.24) is 5.32 Å². The third kappa shape index (κ3) is 3.18. The van der Waals surface area contributed by atoms with E-state index in [-0.39, 0.29) is 0 Å². The van der Waals surface area contributed by atoms with E-state index >= 15 is 0 Å². The second-order valence-corrected chi connectivity index (χ2v) is 2.81. The molecule has 2 nitrogen and oxygen atoms in total. The molecule has 0 saturated carbocycles. The van der Waals surface area contributed by atoms with E-state index in [9.17, 15) is 0 Å². The van der Waals surface area contributed by atoms with Gasteiger partial charge in [-0.1, -0.05) is 19.4 Å². The number of hydrogen-bond acceptors (Lipinski definition) is 2. The first kappa shape index (κ1) is 11.4. The first-order chi connectivity index (χ1) is 5.72. The Morgan fingerprint density at radius 1 is 1.42 bits per heavy atom. The molecule has 0 fully saturated rings. The Kier molecular flexibility index (Phi) is 5.64. The molecule has 70 valence electrons. The van der Waals surface area contributed by atoms with Gasteiger partial charge in [0.15, 0.2) is 0 Å². The Labute approximate surface area is 75.6 Å². The van der Waals surface area contributed by atoms with Crippen LogP contribution in [0.4, 0.5) is 0 Å². The maximum Gasteiger partial charge on any atom is 0.0315 e. The molecule has 2 N–H and O–H groups in total. The van der Waals surface area contributed by atoms with Crippen molar-refractivity contribution < 1.29 is 0 Å². The molecule has 1 rings (SSSR count). The van der Waals surface area contributed by atoms with Crippen LogP contribution in [0, 0.1) is 5.41 Å². The average Bonchev–Trinajstić information content (AvgIpc) is 2.08. The summed E-state index contributed by atoms with van der Waals surface area (Å²) in [7, 11) is 0. The summed E-state index contributed by atoms with van der Waals surface area (Å²) in [5.74, 6) is 0. The number of hydrogen-bond donors (Lipinski definition) is 2. The highest BCUT2D eigenvalue weighted by Crippen LogP contribution is 2.12. The first-order valence-corrected chi connectivity index (χ1v) is 4.66. The van der Waals surface area contributed by atoms with Crippen molar-refractivity contribution in [2.24, 2.45) is 0 Å². The minimum Gasteiger partial charge on any atom is -0.313 e. The molecule has 1 aliphatic rings. The minimum absolute atomic E-state index is 0.735. The predicted molar refractivity (Wildman–Crippen MR) is 54.9 cm³/mol. The summed E-state index contributed by atoms with van der Waals surface area (Å²) in [6.07, 6.45) is 1.03. The van der Waals surface area contributed by atoms with Crippen LogP contribution in [0.25, 0.3) is 0 Å². The highest BCUT2D eigenvalue weighted by atomic mass is 14.9. The van der Waals surface area contributed by atoms with Gasteiger partial charge < -0.3 is 10.7 Å². The monoisotopic (exact) mass is 168 g/mol. The van der Waals surface area contributed by atoms with Crippen LogP contribution in [0.2, 0.25) is 0 Å². The van der Waals surface area contributed by atoms with Crippen LogP contribution in [0.15, 0.2) is 11.1 Å². The Morgan fingerprint density at radius 3 is 2.33 bits per heavy atom. The van der Waals surface area contributed by atoms with Crippen LogP contribution in [0.5, 0.6) is 0 Å². The van der Waals surface area contributed by atoms with E-state index in [2.05, 4.69) is 12.2 Å². The molecule has 0 unspecified atom stereocenters. The Balaban J connectivity index is 0.000000561. The van der Waals surface area contributed by atoms with Gasteiger partial charge in [0.1, 0.15) is 0 Å². The van der Waals surface area contributed by atoms with Gasteiger partial charge in [0.2, 0.25) is 0 Å². The number of nitrogens with one attached hydrogen (secondary N) is 2. The van der Waals surface area contributed by atoms with Crippen molar-refractivity contribution in [3.8, 4) is 0 Å². The van der Waals surface area contributed by atoms with Gasteiger partial charge in [0.05, 0.1) is 0 Å². The maximum atomic E-state index is 7.43. The largest absolute Gasteiger partial charge is 0.313 e. The summed E-state index contributed by atoms with van der Waals surface area (Å²) in [6.45, 7) is 9.96. The zero-order chi connectivity index (χ0) is 9.56. The SMILES string of the molecule is CC.CC(=N)C1=C(C)CNCC1. The molecule has 2 heteroatoms. The molecule has 12 heavy (non-hydrogen) atoms. The molecule has 0 saturated heterocycles. The highest BCUT2D eigenvalue weighted by Gasteiger charge is 2.08. The summed E-state index contributed by atoms with van der Waals surface area (Å²) in [5.41, 5.74) is 3.32. The molecule has 0 aromatic heterocycles. The van der Waals surface area contributed by atoms with Crippen molar-refractivity contribution in [3.05, 3.63) is 11.1 Å². The fraction of sp³-hybridized carbons (Fsp3) is 0.700. The van der Waals surface area contributed by atoms with Gasteiger partial charge in [-0.05, 0) is 32.4 Å². The third-order valence-electron chi connectivity index (χ3n) is 1.91. The normalized spacial score (nSPS) is 16.7. The van der Waals surface area contributed by atoms with Crippen LogP contribution in [-0.4, -0.2) is 18.8 Å². The highest BCUT2D eigenvalue weighted by molar-refractivity contribution is 5.96. The fourth-order valence-corrected chi connectivity index (χ4v) is 1.32. The van der Waals surface area contributed by atoms with Crippen LogP contribution in [0.3, 0.4) is 0 Å². The molecular formula is C10H20N2. The van der Waals surface area contributed by atoms with Gasteiger partial charge in [0.25, 0.3) is 0 Å². The second kappa shape index (κ2) is 5.95. The zero-order valence-corrected chi connectivity index (χ0v) is 8.62. The van der Waals surface area contributed by atoms with Gasteiger partial charge in [-0.3, -0.25) is 0 Å². The number of rotatable bonds is 1. The van der Waals surface area contributed by atoms with E-state index < -0.39 is 0 Å². The molecule has 0 spiro atoms. The minimum atomic E-state index is 0.735. The summed E-state index contributed by atoms with van der Waals surface area (Å²) < 4.78 is 0. The van der Waals surface area contributed by atoms with Crippen molar-refractivity contribution in [2.75, 3.05) is 13.1 Å². The van der Waals surface area contributed by atoms with E-state index in [4.69, 9.17) is 5.41 Å². The van der Waals surface area contributed by atoms with E-state index in [0.29, 0.717) is 0 Å². The second-order valence-electron chi connectivity index (χ2n) is 2.81. The van der Waals surface area contributed by atoms with E-state index in [0.717, 1.165) is 25.2 Å². The van der Waals surface area contributed by atoms with Gasteiger partial charge in [0, 0.05) is 12.3 Å². The molecule has 1 aliphatic heterocycles. The fourth-order valence-electron chi connectivity index (χ4n) is 1.32. The van der Waals surface area contributed by atoms with Gasteiger partial charge in [-0.2, -0.15) is 0 Å². The van der Waals surface area contributed by atoms with Crippen LogP contribution >= 0.6 is 0 Å². The van der Waals surface area contributed by atoms with Crippen molar-refractivity contribution in [3.63, 3.8) is 0 Å². The zero-order valence-electron chi connectivity index (χ0n) is 8.62. The van der Waals surface area contributed by atoms with Crippen LogP contribution in [-0.2, 0) is 0 Å². The van der Waals surface area contributed by atoms with Crippen LogP contribution in [0.1, 0.15) is 34.1 Å². The first-order valence-electron chi connectivity index (χ1n) is 4.66. The lowest BCUT2D eigenvalue weighted by atomic mass is 9.99. The smallest absolute Gasteiger partial charge is 0.0315 e. The topological polar surface area (TPSA) is 35.9 Å². The molecule has 1 heterocycles. The summed E-state index contributed by atoms with van der Waals surface area (Å²) in [4.78, 5) is 0. The van der Waals surface area contributed by atoms with E-state index in [1.54, 1.807) is 0 Å².